The molecule has 0 amide bonds. The Kier molecular flexibility index (Phi) is 4.36. The van der Waals surface area contributed by atoms with E-state index in [4.69, 9.17) is 10.1 Å². The number of nitrogens with one attached hydrogen (secondary N) is 1. The Morgan fingerprint density at radius 2 is 2.05 bits per heavy atom. The number of benzene rings is 1. The molecule has 0 unspecified atom stereocenters. The molecule has 0 aliphatic carbocycles. The minimum absolute atomic E-state index is 0.120. The molecule has 1 aromatic heterocycles. The van der Waals surface area contributed by atoms with Gasteiger partial charge in [0.15, 0.2) is 17.0 Å². The summed E-state index contributed by atoms with van der Waals surface area (Å²) in [5.41, 5.74) is 0.543. The molecule has 0 saturated heterocycles. The topological polar surface area (TPSA) is 80.4 Å². The van der Waals surface area contributed by atoms with E-state index in [0.29, 0.717) is 22.7 Å². The number of ether oxygens (including phenoxy) is 2. The Balaban J connectivity index is 2.44. The maximum atomic E-state index is 12.4. The Labute approximate surface area is 118 Å². The SMILES string of the molecule is CCOc1ccc(-c2ccc(=N)n(O)n2)cc1OC(F)F. The molecule has 0 radical (unpaired) electrons. The van der Waals surface area contributed by atoms with Crippen molar-refractivity contribution < 1.29 is 23.5 Å². The summed E-state index contributed by atoms with van der Waals surface area (Å²) in [4.78, 5) is 0.388. The van der Waals surface area contributed by atoms with Crippen LogP contribution in [-0.4, -0.2) is 28.4 Å². The fraction of sp³-hybridized carbons (Fsp3) is 0.231. The maximum Gasteiger partial charge on any atom is 0.387 e. The lowest BCUT2D eigenvalue weighted by Gasteiger charge is -2.12. The smallest absolute Gasteiger partial charge is 0.387 e. The van der Waals surface area contributed by atoms with E-state index in [-0.39, 0.29) is 17.0 Å². The van der Waals surface area contributed by atoms with Crippen molar-refractivity contribution in [3.05, 3.63) is 35.8 Å². The summed E-state index contributed by atoms with van der Waals surface area (Å²) in [6.07, 6.45) is 0. The van der Waals surface area contributed by atoms with Crippen molar-refractivity contribution in [2.75, 3.05) is 6.61 Å². The van der Waals surface area contributed by atoms with Crippen molar-refractivity contribution >= 4 is 0 Å². The van der Waals surface area contributed by atoms with Crippen LogP contribution in [0.1, 0.15) is 6.92 Å². The van der Waals surface area contributed by atoms with Gasteiger partial charge >= 0.3 is 6.61 Å². The molecule has 21 heavy (non-hydrogen) atoms. The van der Waals surface area contributed by atoms with Gasteiger partial charge in [0.2, 0.25) is 0 Å². The van der Waals surface area contributed by atoms with Gasteiger partial charge in [-0.15, -0.1) is 5.10 Å². The summed E-state index contributed by atoms with van der Waals surface area (Å²) in [5, 5.41) is 20.4. The molecule has 0 atom stereocenters. The van der Waals surface area contributed by atoms with Crippen molar-refractivity contribution in [2.45, 2.75) is 13.5 Å². The van der Waals surface area contributed by atoms with Crippen LogP contribution in [-0.2, 0) is 0 Å². The van der Waals surface area contributed by atoms with E-state index < -0.39 is 6.61 Å². The van der Waals surface area contributed by atoms with Gasteiger partial charge in [-0.3, -0.25) is 5.41 Å². The molecule has 2 N–H and O–H groups in total. The quantitative estimate of drug-likeness (QED) is 0.830. The minimum atomic E-state index is -2.98. The molecule has 0 spiro atoms. The van der Waals surface area contributed by atoms with Crippen molar-refractivity contribution in [3.8, 4) is 22.8 Å². The van der Waals surface area contributed by atoms with E-state index in [1.807, 2.05) is 0 Å². The van der Waals surface area contributed by atoms with Crippen molar-refractivity contribution in [1.29, 1.82) is 5.41 Å². The molecule has 8 heteroatoms. The second-order valence-electron chi connectivity index (χ2n) is 3.97. The maximum absolute atomic E-state index is 12.4. The molecule has 2 rings (SSSR count). The fourth-order valence-corrected chi connectivity index (χ4v) is 1.70. The number of halogens is 2. The van der Waals surface area contributed by atoms with Gasteiger partial charge in [0, 0.05) is 5.56 Å². The monoisotopic (exact) mass is 297 g/mol. The van der Waals surface area contributed by atoms with E-state index in [9.17, 15) is 14.0 Å². The first-order valence-corrected chi connectivity index (χ1v) is 6.07. The van der Waals surface area contributed by atoms with Crippen LogP contribution in [0, 0.1) is 5.41 Å². The summed E-state index contributed by atoms with van der Waals surface area (Å²) in [6.45, 7) is -0.948. The lowest BCUT2D eigenvalue weighted by atomic mass is 10.1. The highest BCUT2D eigenvalue weighted by Gasteiger charge is 2.13. The first-order chi connectivity index (χ1) is 10.0. The molecule has 0 saturated carbocycles. The van der Waals surface area contributed by atoms with Crippen LogP contribution in [0.5, 0.6) is 11.5 Å². The molecular formula is C13H13F2N3O3. The van der Waals surface area contributed by atoms with Crippen molar-refractivity contribution in [3.63, 3.8) is 0 Å². The first kappa shape index (κ1) is 14.8. The summed E-state index contributed by atoms with van der Waals surface area (Å²) in [5.74, 6) is 0.0705. The average molecular weight is 297 g/mol. The van der Waals surface area contributed by atoms with Gasteiger partial charge in [-0.05, 0) is 37.3 Å². The van der Waals surface area contributed by atoms with Crippen LogP contribution in [0.3, 0.4) is 0 Å². The average Bonchev–Trinajstić information content (AvgIpc) is 2.43. The highest BCUT2D eigenvalue weighted by atomic mass is 19.3. The highest BCUT2D eigenvalue weighted by Crippen LogP contribution is 2.33. The number of hydrogen-bond acceptors (Lipinski definition) is 5. The number of nitrogens with zero attached hydrogens (tertiary/aromatic N) is 2. The standard InChI is InChI=1S/C13H13F2N3O3/c1-2-20-10-5-3-8(7-11(10)21-13(14)15)9-4-6-12(16)18(19)17-9/h3-7,13,16,19H,2H2,1H3. The predicted octanol–water partition coefficient (Wildman–Crippen LogP) is 2.27. The molecule has 2 aromatic rings. The molecule has 112 valence electrons. The van der Waals surface area contributed by atoms with Gasteiger partial charge in [-0.1, -0.05) is 4.85 Å². The largest absolute Gasteiger partial charge is 0.490 e. The molecule has 0 fully saturated rings. The normalized spacial score (nSPS) is 10.7. The van der Waals surface area contributed by atoms with Gasteiger partial charge < -0.3 is 14.7 Å². The lowest BCUT2D eigenvalue weighted by molar-refractivity contribution is -0.0514. The van der Waals surface area contributed by atoms with Gasteiger partial charge in [-0.2, -0.15) is 8.78 Å². The molecule has 0 aliphatic rings. The Morgan fingerprint density at radius 3 is 2.67 bits per heavy atom. The van der Waals surface area contributed by atoms with E-state index in [1.54, 1.807) is 13.0 Å². The second kappa shape index (κ2) is 6.21. The van der Waals surface area contributed by atoms with E-state index in [1.165, 1.54) is 24.3 Å². The van der Waals surface area contributed by atoms with E-state index in [2.05, 4.69) is 9.84 Å². The van der Waals surface area contributed by atoms with Crippen LogP contribution in [0.2, 0.25) is 0 Å². The van der Waals surface area contributed by atoms with Gasteiger partial charge in [-0.25, -0.2) is 0 Å². The third-order valence-electron chi connectivity index (χ3n) is 2.57. The first-order valence-electron chi connectivity index (χ1n) is 6.07. The van der Waals surface area contributed by atoms with Gasteiger partial charge in [0.05, 0.1) is 12.3 Å². The minimum Gasteiger partial charge on any atom is -0.490 e. The Morgan fingerprint density at radius 1 is 1.29 bits per heavy atom. The van der Waals surface area contributed by atoms with Gasteiger partial charge in [0.25, 0.3) is 0 Å². The zero-order valence-corrected chi connectivity index (χ0v) is 11.1. The van der Waals surface area contributed by atoms with Crippen molar-refractivity contribution in [1.82, 2.24) is 9.94 Å². The summed E-state index contributed by atoms with van der Waals surface area (Å²) < 4.78 is 34.5. The molecule has 6 nitrogen and oxygen atoms in total. The predicted molar refractivity (Wildman–Crippen MR) is 68.5 cm³/mol. The summed E-state index contributed by atoms with van der Waals surface area (Å²) >= 11 is 0. The van der Waals surface area contributed by atoms with Gasteiger partial charge in [0.1, 0.15) is 0 Å². The zero-order chi connectivity index (χ0) is 15.4. The molecule has 0 aliphatic heterocycles. The zero-order valence-electron chi connectivity index (χ0n) is 11.1. The Hall–Kier alpha value is -2.64. The number of aromatic nitrogens is 2. The molecule has 1 heterocycles. The number of hydrogen-bond donors (Lipinski definition) is 2. The molecular weight excluding hydrogens is 284 g/mol. The number of alkyl halides is 2. The van der Waals surface area contributed by atoms with Crippen LogP contribution in [0.4, 0.5) is 8.78 Å². The lowest BCUT2D eigenvalue weighted by Crippen LogP contribution is -2.19. The number of rotatable bonds is 5. The highest BCUT2D eigenvalue weighted by molar-refractivity contribution is 5.63. The fourth-order valence-electron chi connectivity index (χ4n) is 1.70. The third kappa shape index (κ3) is 3.47. The Bertz CT molecular complexity index is 689. The van der Waals surface area contributed by atoms with Crippen LogP contribution >= 0.6 is 0 Å². The van der Waals surface area contributed by atoms with Crippen LogP contribution in [0.15, 0.2) is 30.3 Å². The molecule has 0 bridgehead atoms. The van der Waals surface area contributed by atoms with Crippen LogP contribution in [0.25, 0.3) is 11.3 Å². The second-order valence-corrected chi connectivity index (χ2v) is 3.97. The van der Waals surface area contributed by atoms with E-state index in [0.717, 1.165) is 0 Å². The van der Waals surface area contributed by atoms with Crippen LogP contribution < -0.4 is 15.0 Å². The summed E-state index contributed by atoms with van der Waals surface area (Å²) in [6, 6.07) is 7.22. The molecule has 1 aromatic carbocycles. The summed E-state index contributed by atoms with van der Waals surface area (Å²) in [7, 11) is 0. The van der Waals surface area contributed by atoms with Crippen molar-refractivity contribution in [2.24, 2.45) is 0 Å². The third-order valence-corrected chi connectivity index (χ3v) is 2.57. The van der Waals surface area contributed by atoms with E-state index >= 15 is 0 Å².